The van der Waals surface area contributed by atoms with Gasteiger partial charge in [-0.1, -0.05) is 38.1 Å². The van der Waals surface area contributed by atoms with E-state index in [0.29, 0.717) is 23.2 Å². The second-order valence-electron chi connectivity index (χ2n) is 9.24. The lowest BCUT2D eigenvalue weighted by Crippen LogP contribution is -2.38. The first-order chi connectivity index (χ1) is 17.4. The molecule has 1 fully saturated rings. The number of hydrogen-bond donors (Lipinski definition) is 0. The van der Waals surface area contributed by atoms with Gasteiger partial charge in [0.15, 0.2) is 15.7 Å². The molecule has 0 atom stereocenters. The van der Waals surface area contributed by atoms with Crippen LogP contribution in [0.1, 0.15) is 51.8 Å². The molecule has 0 saturated carbocycles. The quantitative estimate of drug-likeness (QED) is 0.309. The van der Waals surface area contributed by atoms with Gasteiger partial charge in [0.2, 0.25) is 5.88 Å². The van der Waals surface area contributed by atoms with E-state index in [1.54, 1.807) is 12.1 Å². The topological polar surface area (TPSA) is 111 Å². The summed E-state index contributed by atoms with van der Waals surface area (Å²) in [6.07, 6.45) is 3.77. The highest BCUT2D eigenvalue weighted by molar-refractivity contribution is 7.91. The maximum Gasteiger partial charge on any atom is 0.324 e. The Morgan fingerprint density at radius 3 is 2.58 bits per heavy atom. The highest BCUT2D eigenvalue weighted by Crippen LogP contribution is 2.37. The summed E-state index contributed by atoms with van der Waals surface area (Å²) in [5.41, 5.74) is 2.66. The van der Waals surface area contributed by atoms with Crippen LogP contribution < -0.4 is 9.64 Å². The van der Waals surface area contributed by atoms with Crippen LogP contribution in [0, 0.1) is 0 Å². The van der Waals surface area contributed by atoms with Crippen LogP contribution in [-0.4, -0.2) is 53.5 Å². The van der Waals surface area contributed by atoms with Crippen molar-refractivity contribution >= 4 is 37.4 Å². The maximum absolute atomic E-state index is 12.4. The normalized spacial score (nSPS) is 15.2. The molecule has 5 rings (SSSR count). The highest BCUT2D eigenvalue weighted by atomic mass is 32.2. The average Bonchev–Trinajstić information content (AvgIpc) is 3.53. The van der Waals surface area contributed by atoms with E-state index < -0.39 is 9.84 Å². The summed E-state index contributed by atoms with van der Waals surface area (Å²) in [6, 6.07) is 7.58. The van der Waals surface area contributed by atoms with Crippen molar-refractivity contribution in [2.24, 2.45) is 0 Å². The molecule has 0 N–H and O–H groups in total. The van der Waals surface area contributed by atoms with E-state index in [9.17, 15) is 8.42 Å². The van der Waals surface area contributed by atoms with Gasteiger partial charge >= 0.3 is 6.01 Å². The third kappa shape index (κ3) is 4.94. The van der Waals surface area contributed by atoms with E-state index in [-0.39, 0.29) is 17.8 Å². The van der Waals surface area contributed by atoms with E-state index in [0.717, 1.165) is 53.1 Å². The molecule has 1 aliphatic heterocycles. The van der Waals surface area contributed by atoms with Crippen molar-refractivity contribution in [3.63, 3.8) is 0 Å². The van der Waals surface area contributed by atoms with Crippen LogP contribution in [0.5, 0.6) is 5.88 Å². The van der Waals surface area contributed by atoms with E-state index in [4.69, 9.17) is 9.26 Å². The molecule has 9 nitrogen and oxygen atoms in total. The molecule has 1 aromatic carbocycles. The van der Waals surface area contributed by atoms with Crippen LogP contribution in [-0.2, 0) is 9.84 Å². The number of rotatable bonds is 8. The number of sulfone groups is 1. The smallest absolute Gasteiger partial charge is 0.324 e. The molecule has 36 heavy (non-hydrogen) atoms. The third-order valence-corrected chi connectivity index (χ3v) is 9.15. The van der Waals surface area contributed by atoms with Crippen LogP contribution in [0.15, 0.2) is 45.4 Å². The summed E-state index contributed by atoms with van der Waals surface area (Å²) >= 11 is 1.53. The average molecular weight is 528 g/mol. The molecule has 190 valence electrons. The molecule has 0 amide bonds. The zero-order valence-corrected chi connectivity index (χ0v) is 22.2. The van der Waals surface area contributed by atoms with Crippen molar-refractivity contribution in [1.82, 2.24) is 20.1 Å². The first kappa shape index (κ1) is 24.6. The zero-order valence-electron chi connectivity index (χ0n) is 20.5. The summed E-state index contributed by atoms with van der Waals surface area (Å²) in [4.78, 5) is 15.9. The second kappa shape index (κ2) is 10.1. The van der Waals surface area contributed by atoms with Crippen molar-refractivity contribution < 1.29 is 17.7 Å². The number of fused-ring (bicyclic) bond motifs is 1. The summed E-state index contributed by atoms with van der Waals surface area (Å²) in [6.45, 7) is 7.48. The third-order valence-electron chi connectivity index (χ3n) is 6.26. The van der Waals surface area contributed by atoms with E-state index in [1.165, 1.54) is 17.7 Å². The predicted octanol–water partition coefficient (Wildman–Crippen LogP) is 5.10. The SMILES string of the molecule is CCCS(=O)(=O)c1ccc(-c2csc3c(OC4CCN(c5nc(C(C)C)no5)CC4)ncnc23)cc1. The number of benzene rings is 1. The fourth-order valence-electron chi connectivity index (χ4n) is 4.26. The monoisotopic (exact) mass is 527 g/mol. The number of hydrogen-bond acceptors (Lipinski definition) is 10. The van der Waals surface area contributed by atoms with Crippen LogP contribution >= 0.6 is 11.3 Å². The first-order valence-corrected chi connectivity index (χ1v) is 14.7. The molecule has 11 heteroatoms. The Morgan fingerprint density at radius 2 is 1.92 bits per heavy atom. The first-order valence-electron chi connectivity index (χ1n) is 12.2. The molecular formula is C25H29N5O4S2. The molecule has 0 aliphatic carbocycles. The molecule has 4 heterocycles. The van der Waals surface area contributed by atoms with Gasteiger partial charge in [0.05, 0.1) is 16.2 Å². The fourth-order valence-corrected chi connectivity index (χ4v) is 6.54. The van der Waals surface area contributed by atoms with Gasteiger partial charge in [0.1, 0.15) is 17.1 Å². The largest absolute Gasteiger partial charge is 0.473 e. The Morgan fingerprint density at radius 1 is 1.17 bits per heavy atom. The minimum Gasteiger partial charge on any atom is -0.473 e. The number of piperidine rings is 1. The lowest BCUT2D eigenvalue weighted by atomic mass is 10.1. The standard InChI is InChI=1S/C25H29N5O4S2/c1-4-13-36(31,32)19-7-5-17(6-8-19)20-14-35-22-21(20)26-15-27-24(22)33-18-9-11-30(12-10-18)25-28-23(16(2)3)29-34-25/h5-8,14-16,18H,4,9-13H2,1-3H3. The lowest BCUT2D eigenvalue weighted by Gasteiger charge is -2.30. The predicted molar refractivity (Wildman–Crippen MR) is 139 cm³/mol. The highest BCUT2D eigenvalue weighted by Gasteiger charge is 2.26. The summed E-state index contributed by atoms with van der Waals surface area (Å²) < 4.78 is 37.3. The lowest BCUT2D eigenvalue weighted by molar-refractivity contribution is 0.164. The van der Waals surface area contributed by atoms with Gasteiger partial charge < -0.3 is 14.2 Å². The molecule has 0 spiro atoms. The van der Waals surface area contributed by atoms with Crippen LogP contribution in [0.25, 0.3) is 21.3 Å². The van der Waals surface area contributed by atoms with Gasteiger partial charge in [-0.25, -0.2) is 18.4 Å². The molecule has 1 aliphatic rings. The number of ether oxygens (including phenoxy) is 1. The van der Waals surface area contributed by atoms with Crippen LogP contribution in [0.2, 0.25) is 0 Å². The molecule has 0 radical (unpaired) electrons. The van der Waals surface area contributed by atoms with Crippen molar-refractivity contribution in [2.45, 2.75) is 57.0 Å². The van der Waals surface area contributed by atoms with Gasteiger partial charge in [-0.05, 0) is 24.1 Å². The second-order valence-corrected chi connectivity index (χ2v) is 12.2. The Balaban J connectivity index is 1.29. The maximum atomic E-state index is 12.4. The summed E-state index contributed by atoms with van der Waals surface area (Å²) in [7, 11) is -3.25. The van der Waals surface area contributed by atoms with Crippen molar-refractivity contribution in [2.75, 3.05) is 23.7 Å². The molecule has 1 saturated heterocycles. The summed E-state index contributed by atoms with van der Waals surface area (Å²) in [5, 5.41) is 6.08. The number of thiophene rings is 1. The number of nitrogens with zero attached hydrogens (tertiary/aromatic N) is 5. The molecule has 3 aromatic heterocycles. The molecular weight excluding hydrogens is 498 g/mol. The zero-order chi connectivity index (χ0) is 25.3. The van der Waals surface area contributed by atoms with Gasteiger partial charge in [0.25, 0.3) is 0 Å². The van der Waals surface area contributed by atoms with E-state index >= 15 is 0 Å². The van der Waals surface area contributed by atoms with E-state index in [2.05, 4.69) is 25.0 Å². The van der Waals surface area contributed by atoms with Crippen molar-refractivity contribution in [3.8, 4) is 17.0 Å². The van der Waals surface area contributed by atoms with Gasteiger partial charge in [-0.15, -0.1) is 11.3 Å². The minimum atomic E-state index is -3.25. The molecule has 0 unspecified atom stereocenters. The van der Waals surface area contributed by atoms with Crippen molar-refractivity contribution in [3.05, 3.63) is 41.8 Å². The Bertz CT molecular complexity index is 1440. The number of aromatic nitrogens is 4. The van der Waals surface area contributed by atoms with Gasteiger partial charge in [-0.3, -0.25) is 0 Å². The van der Waals surface area contributed by atoms with Crippen LogP contribution in [0.3, 0.4) is 0 Å². The van der Waals surface area contributed by atoms with E-state index in [1.807, 2.05) is 38.3 Å². The Labute approximate surface area is 214 Å². The van der Waals surface area contributed by atoms with Gasteiger partial charge in [-0.2, -0.15) is 4.98 Å². The van der Waals surface area contributed by atoms with Crippen LogP contribution in [0.4, 0.5) is 6.01 Å². The fraction of sp³-hybridized carbons (Fsp3) is 0.440. The Kier molecular flexibility index (Phi) is 6.94. The van der Waals surface area contributed by atoms with Crippen molar-refractivity contribution in [1.29, 1.82) is 0 Å². The van der Waals surface area contributed by atoms with Gasteiger partial charge in [0, 0.05) is 42.8 Å². The molecule has 4 aromatic rings. The number of anilines is 1. The minimum absolute atomic E-state index is 0.0282. The molecule has 0 bridgehead atoms. The summed E-state index contributed by atoms with van der Waals surface area (Å²) in [5.74, 6) is 1.68. The Hall–Kier alpha value is -3.05.